The molecule has 0 radical (unpaired) electrons. The topological polar surface area (TPSA) is 91.5 Å². The molecule has 2 heterocycles. The van der Waals surface area contributed by atoms with Gasteiger partial charge in [-0.25, -0.2) is 14.3 Å². The monoisotopic (exact) mass is 509 g/mol. The van der Waals surface area contributed by atoms with Crippen LogP contribution >= 0.6 is 27.5 Å². The SMILES string of the molecule is Cc1c2ccc(Br)n2c2cc(Cl)ccc2[n+]1N.Cc1cc(C)c(S(=O)(=O)[O-])c(C)c1. The van der Waals surface area contributed by atoms with Gasteiger partial charge < -0.3 is 4.55 Å². The maximum Gasteiger partial charge on any atom is 0.259 e. The van der Waals surface area contributed by atoms with Crippen LogP contribution < -0.4 is 10.5 Å². The molecule has 0 spiro atoms. The van der Waals surface area contributed by atoms with Gasteiger partial charge in [0.25, 0.3) is 5.52 Å². The Labute approximate surface area is 188 Å². The van der Waals surface area contributed by atoms with E-state index in [-0.39, 0.29) is 4.90 Å². The zero-order chi connectivity index (χ0) is 22.4. The van der Waals surface area contributed by atoms with Crippen LogP contribution in [0.1, 0.15) is 22.4 Å². The van der Waals surface area contributed by atoms with Crippen molar-refractivity contribution in [1.29, 1.82) is 0 Å². The summed E-state index contributed by atoms with van der Waals surface area (Å²) < 4.78 is 37.3. The van der Waals surface area contributed by atoms with Crippen LogP contribution in [0.25, 0.3) is 16.6 Å². The van der Waals surface area contributed by atoms with E-state index in [0.717, 1.165) is 32.4 Å². The number of nitrogens with zero attached hydrogens (tertiary/aromatic N) is 2. The Bertz CT molecular complexity index is 1380. The number of nitrogen functional groups attached to an aromatic ring is 1. The van der Waals surface area contributed by atoms with Gasteiger partial charge in [0.2, 0.25) is 5.69 Å². The van der Waals surface area contributed by atoms with Crippen molar-refractivity contribution >= 4 is 54.2 Å². The lowest BCUT2D eigenvalue weighted by molar-refractivity contribution is -0.617. The van der Waals surface area contributed by atoms with Crippen molar-refractivity contribution < 1.29 is 17.6 Å². The second kappa shape index (κ2) is 8.19. The fraction of sp³-hybridized carbons (Fsp3) is 0.190. The molecule has 0 aliphatic heterocycles. The van der Waals surface area contributed by atoms with E-state index in [9.17, 15) is 13.0 Å². The predicted octanol–water partition coefficient (Wildman–Crippen LogP) is 4.33. The molecule has 30 heavy (non-hydrogen) atoms. The summed E-state index contributed by atoms with van der Waals surface area (Å²) in [6.07, 6.45) is 0. The Hall–Kier alpha value is -2.13. The highest BCUT2D eigenvalue weighted by Crippen LogP contribution is 2.25. The van der Waals surface area contributed by atoms with Crippen LogP contribution in [-0.4, -0.2) is 17.4 Å². The zero-order valence-electron chi connectivity index (χ0n) is 16.9. The lowest BCUT2D eigenvalue weighted by Crippen LogP contribution is -2.48. The molecule has 4 rings (SSSR count). The summed E-state index contributed by atoms with van der Waals surface area (Å²) in [5, 5.41) is 0.697. The minimum absolute atomic E-state index is 0.0851. The molecule has 0 aliphatic carbocycles. The second-order valence-electron chi connectivity index (χ2n) is 7.15. The zero-order valence-corrected chi connectivity index (χ0v) is 20.1. The number of halogens is 2. The van der Waals surface area contributed by atoms with E-state index in [2.05, 4.69) is 20.3 Å². The van der Waals surface area contributed by atoms with Crippen LogP contribution in [-0.2, 0) is 10.1 Å². The molecule has 0 saturated carbocycles. The quantitative estimate of drug-likeness (QED) is 0.234. The Morgan fingerprint density at radius 3 is 2.17 bits per heavy atom. The van der Waals surface area contributed by atoms with E-state index in [1.54, 1.807) is 30.7 Å². The molecule has 0 unspecified atom stereocenters. The van der Waals surface area contributed by atoms with Gasteiger partial charge in [0.05, 0.1) is 9.50 Å². The second-order valence-corrected chi connectivity index (χ2v) is 9.71. The molecule has 158 valence electrons. The number of nitrogens with two attached hydrogens (primary N) is 1. The minimum Gasteiger partial charge on any atom is -0.744 e. The third kappa shape index (κ3) is 4.18. The van der Waals surface area contributed by atoms with E-state index < -0.39 is 10.1 Å². The molecule has 0 fully saturated rings. The lowest BCUT2D eigenvalue weighted by Gasteiger charge is -2.14. The summed E-state index contributed by atoms with van der Waals surface area (Å²) in [6, 6.07) is 13.1. The van der Waals surface area contributed by atoms with Gasteiger partial charge in [0, 0.05) is 18.0 Å². The Balaban J connectivity index is 0.000000178. The molecule has 0 atom stereocenters. The third-order valence-corrected chi connectivity index (χ3v) is 6.86. The summed E-state index contributed by atoms with van der Waals surface area (Å²) in [6.45, 7) is 7.12. The van der Waals surface area contributed by atoms with Gasteiger partial charge in [-0.1, -0.05) is 34.0 Å². The van der Waals surface area contributed by atoms with Crippen molar-refractivity contribution in [2.45, 2.75) is 32.6 Å². The number of benzene rings is 2. The van der Waals surface area contributed by atoms with E-state index in [1.807, 2.05) is 44.2 Å². The van der Waals surface area contributed by atoms with Gasteiger partial charge in [0.15, 0.2) is 0 Å². The van der Waals surface area contributed by atoms with E-state index in [4.69, 9.17) is 17.4 Å². The van der Waals surface area contributed by atoms with Crippen LogP contribution in [0.2, 0.25) is 5.02 Å². The summed E-state index contributed by atoms with van der Waals surface area (Å²) in [4.78, 5) is -0.0851. The normalized spacial score (nSPS) is 11.6. The summed E-state index contributed by atoms with van der Waals surface area (Å²) in [5.41, 5.74) is 6.00. The van der Waals surface area contributed by atoms with E-state index in [1.165, 1.54) is 0 Å². The first-order valence-corrected chi connectivity index (χ1v) is 11.6. The van der Waals surface area contributed by atoms with Crippen LogP contribution in [0.15, 0.2) is 52.0 Å². The van der Waals surface area contributed by atoms with Gasteiger partial charge in [-0.05, 0) is 72.1 Å². The highest BCUT2D eigenvalue weighted by atomic mass is 79.9. The molecule has 2 aromatic carbocycles. The average molecular weight is 511 g/mol. The van der Waals surface area contributed by atoms with Gasteiger partial charge in [-0.3, -0.25) is 4.40 Å². The smallest absolute Gasteiger partial charge is 0.259 e. The van der Waals surface area contributed by atoms with Crippen molar-refractivity contribution in [1.82, 2.24) is 4.40 Å². The number of aryl methyl sites for hydroxylation is 4. The van der Waals surface area contributed by atoms with E-state index in [0.29, 0.717) is 16.1 Å². The number of hydrogen-bond acceptors (Lipinski definition) is 4. The molecule has 0 bridgehead atoms. The highest BCUT2D eigenvalue weighted by molar-refractivity contribution is 9.10. The molecular formula is C21H21BrClN3O3S. The fourth-order valence-corrected chi connectivity index (χ4v) is 5.27. The van der Waals surface area contributed by atoms with Crippen LogP contribution in [0.4, 0.5) is 0 Å². The molecule has 0 amide bonds. The van der Waals surface area contributed by atoms with Gasteiger partial charge in [0.1, 0.15) is 21.2 Å². The maximum atomic E-state index is 10.8. The molecule has 2 aromatic heterocycles. The first kappa shape index (κ1) is 22.6. The van der Waals surface area contributed by atoms with Crippen molar-refractivity contribution in [2.75, 3.05) is 5.84 Å². The van der Waals surface area contributed by atoms with Crippen molar-refractivity contribution in [3.8, 4) is 0 Å². The predicted molar refractivity (Wildman–Crippen MR) is 121 cm³/mol. The van der Waals surface area contributed by atoms with Crippen LogP contribution in [0, 0.1) is 27.7 Å². The Morgan fingerprint density at radius 2 is 1.60 bits per heavy atom. The van der Waals surface area contributed by atoms with Crippen LogP contribution in [0.5, 0.6) is 0 Å². The molecule has 4 aromatic rings. The first-order valence-electron chi connectivity index (χ1n) is 9.01. The molecule has 9 heteroatoms. The van der Waals surface area contributed by atoms with Crippen molar-refractivity contribution in [3.63, 3.8) is 0 Å². The molecular weight excluding hydrogens is 490 g/mol. The third-order valence-electron chi connectivity index (χ3n) is 4.86. The number of rotatable bonds is 1. The maximum absolute atomic E-state index is 10.8. The molecule has 2 N–H and O–H groups in total. The van der Waals surface area contributed by atoms with Crippen molar-refractivity contribution in [3.05, 3.63) is 74.5 Å². The number of hydrogen-bond donors (Lipinski definition) is 1. The molecule has 6 nitrogen and oxygen atoms in total. The lowest BCUT2D eigenvalue weighted by atomic mass is 10.1. The standard InChI is InChI=1S/C12H10BrClN3.C9H12O3S/c1-7-9-4-5-12(13)16(9)11-6-8(14)2-3-10(11)17(7)15;1-6-4-7(2)9(8(3)5-6)13(10,11)12/h2-6H,15H2,1H3;4-5H,1-3H3,(H,10,11,12)/q+1;/p-1. The summed E-state index contributed by atoms with van der Waals surface area (Å²) in [5.74, 6) is 6.09. The minimum atomic E-state index is -4.33. The fourth-order valence-electron chi connectivity index (χ4n) is 3.68. The van der Waals surface area contributed by atoms with Gasteiger partial charge in [-0.15, -0.1) is 0 Å². The molecule has 0 saturated heterocycles. The van der Waals surface area contributed by atoms with Gasteiger partial charge in [-0.2, -0.15) is 0 Å². The first-order chi connectivity index (χ1) is 13.9. The Kier molecular flexibility index (Phi) is 6.15. The molecule has 0 aliphatic rings. The summed E-state index contributed by atoms with van der Waals surface area (Å²) in [7, 11) is -4.33. The number of fused-ring (bicyclic) bond motifs is 3. The number of aromatic nitrogens is 2. The van der Waals surface area contributed by atoms with Crippen LogP contribution in [0.3, 0.4) is 0 Å². The van der Waals surface area contributed by atoms with Gasteiger partial charge >= 0.3 is 0 Å². The average Bonchev–Trinajstić information content (AvgIpc) is 3.00. The van der Waals surface area contributed by atoms with E-state index >= 15 is 0 Å². The van der Waals surface area contributed by atoms with Crippen molar-refractivity contribution in [2.24, 2.45) is 0 Å². The Morgan fingerprint density at radius 1 is 1.00 bits per heavy atom. The highest BCUT2D eigenvalue weighted by Gasteiger charge is 2.18. The summed E-state index contributed by atoms with van der Waals surface area (Å²) >= 11 is 9.59. The largest absolute Gasteiger partial charge is 0.744 e.